The summed E-state index contributed by atoms with van der Waals surface area (Å²) >= 11 is 0. The van der Waals surface area contributed by atoms with E-state index in [2.05, 4.69) is 0 Å². The highest BCUT2D eigenvalue weighted by atomic mass is 16.5. The minimum atomic E-state index is -0.502. The fourth-order valence-electron chi connectivity index (χ4n) is 3.74. The molecule has 0 aromatic heterocycles. The predicted molar refractivity (Wildman–Crippen MR) is 98.8 cm³/mol. The summed E-state index contributed by atoms with van der Waals surface area (Å²) in [6.45, 7) is 5.87. The molecule has 2 rings (SSSR count). The van der Waals surface area contributed by atoms with E-state index in [-0.39, 0.29) is 6.04 Å². The van der Waals surface area contributed by atoms with Crippen molar-refractivity contribution in [3.63, 3.8) is 0 Å². The van der Waals surface area contributed by atoms with Crippen LogP contribution in [0.1, 0.15) is 64.5 Å². The summed E-state index contributed by atoms with van der Waals surface area (Å²) in [5, 5.41) is 0. The van der Waals surface area contributed by atoms with Crippen LogP contribution in [0.4, 0.5) is 0 Å². The molecule has 0 N–H and O–H groups in total. The van der Waals surface area contributed by atoms with Gasteiger partial charge in [0.15, 0.2) is 0 Å². The maximum atomic E-state index is 13.3. The molecule has 140 valence electrons. The van der Waals surface area contributed by atoms with Crippen LogP contribution in [0.5, 0.6) is 17.2 Å². The Hall–Kier alpha value is -1.78. The fourth-order valence-corrected chi connectivity index (χ4v) is 3.74. The molecule has 1 unspecified atom stereocenters. The van der Waals surface area contributed by atoms with Crippen molar-refractivity contribution in [2.75, 3.05) is 21.3 Å². The molecular formula is C20H32NO4+. The second-order valence-electron chi connectivity index (χ2n) is 7.79. The lowest BCUT2D eigenvalue weighted by molar-refractivity contribution is -0.662. The van der Waals surface area contributed by atoms with E-state index in [1.165, 1.54) is 24.0 Å². The highest BCUT2D eigenvalue weighted by Crippen LogP contribution is 2.47. The number of hydrogen-bond acceptors (Lipinski definition) is 4. The molecule has 5 heteroatoms. The summed E-state index contributed by atoms with van der Waals surface area (Å²) in [7, 11) is 4.87. The number of nitrogens with zero attached hydrogens (tertiary/aromatic N) is 1. The van der Waals surface area contributed by atoms with E-state index in [4.69, 9.17) is 14.2 Å². The number of methoxy groups -OCH3 is 3. The minimum absolute atomic E-state index is 0.293. The van der Waals surface area contributed by atoms with Crippen LogP contribution in [-0.2, 0) is 0 Å². The molecule has 0 bridgehead atoms. The maximum absolute atomic E-state index is 13.3. The Morgan fingerprint density at radius 3 is 1.88 bits per heavy atom. The molecule has 1 atom stereocenters. The van der Waals surface area contributed by atoms with Gasteiger partial charge in [0.1, 0.15) is 22.8 Å². The van der Waals surface area contributed by atoms with Crippen molar-refractivity contribution in [3.8, 4) is 17.2 Å². The Bertz CT molecular complexity index is 575. The van der Waals surface area contributed by atoms with E-state index in [0.717, 1.165) is 18.4 Å². The standard InChI is InChI=1S/C20H32NO4/c1-20(2,3)21(22)19(14-10-8-7-9-11-14)18-16(24-5)12-15(23-4)13-17(18)25-6/h12-14,19H,7-11H2,1-6H3/q+1. The third kappa shape index (κ3) is 4.25. The van der Waals surface area contributed by atoms with Crippen LogP contribution < -0.4 is 14.2 Å². The van der Waals surface area contributed by atoms with Crippen molar-refractivity contribution in [2.45, 2.75) is 64.5 Å². The van der Waals surface area contributed by atoms with Crippen molar-refractivity contribution in [1.29, 1.82) is 0 Å². The van der Waals surface area contributed by atoms with Crippen molar-refractivity contribution in [1.82, 2.24) is 0 Å². The van der Waals surface area contributed by atoms with E-state index in [1.807, 2.05) is 32.9 Å². The quantitative estimate of drug-likeness (QED) is 0.684. The van der Waals surface area contributed by atoms with Crippen LogP contribution in [0, 0.1) is 10.8 Å². The molecule has 1 aliphatic carbocycles. The van der Waals surface area contributed by atoms with Gasteiger partial charge in [-0.3, -0.25) is 0 Å². The third-order valence-corrected chi connectivity index (χ3v) is 5.06. The van der Waals surface area contributed by atoms with Crippen molar-refractivity contribution in [3.05, 3.63) is 22.6 Å². The smallest absolute Gasteiger partial charge is 0.236 e. The lowest BCUT2D eigenvalue weighted by Crippen LogP contribution is -2.38. The molecule has 1 aromatic rings. The molecule has 0 amide bonds. The molecule has 1 saturated carbocycles. The van der Waals surface area contributed by atoms with Crippen molar-refractivity contribution in [2.24, 2.45) is 5.92 Å². The molecular weight excluding hydrogens is 318 g/mol. The van der Waals surface area contributed by atoms with E-state index in [1.54, 1.807) is 21.3 Å². The molecule has 5 nitrogen and oxygen atoms in total. The van der Waals surface area contributed by atoms with Gasteiger partial charge in [-0.25, -0.2) is 0 Å². The normalized spacial score (nSPS) is 17.0. The number of hydrogen-bond donors (Lipinski definition) is 0. The van der Waals surface area contributed by atoms with Crippen LogP contribution in [0.25, 0.3) is 0 Å². The number of rotatable bonds is 6. The van der Waals surface area contributed by atoms with Gasteiger partial charge in [-0.05, 0) is 12.8 Å². The number of ether oxygens (including phenoxy) is 3. The molecule has 1 fully saturated rings. The second kappa shape index (κ2) is 8.07. The first-order chi connectivity index (χ1) is 11.8. The summed E-state index contributed by atoms with van der Waals surface area (Å²) in [6.07, 6.45) is 5.68. The van der Waals surface area contributed by atoms with Crippen molar-refractivity contribution < 1.29 is 19.0 Å². The van der Waals surface area contributed by atoms with E-state index in [0.29, 0.717) is 23.2 Å². The van der Waals surface area contributed by atoms with Crippen LogP contribution >= 0.6 is 0 Å². The van der Waals surface area contributed by atoms with Crippen LogP contribution in [-0.4, -0.2) is 31.6 Å². The van der Waals surface area contributed by atoms with Crippen LogP contribution in [0.2, 0.25) is 0 Å². The van der Waals surface area contributed by atoms with Gasteiger partial charge in [-0.1, -0.05) is 19.3 Å². The summed E-state index contributed by atoms with van der Waals surface area (Å²) in [4.78, 5) is 13.3. The molecule has 25 heavy (non-hydrogen) atoms. The minimum Gasteiger partial charge on any atom is -0.496 e. The van der Waals surface area contributed by atoms with Gasteiger partial charge in [-0.15, -0.1) is 0 Å². The fraction of sp³-hybridized carbons (Fsp3) is 0.700. The highest BCUT2D eigenvalue weighted by molar-refractivity contribution is 5.52. The molecule has 0 saturated heterocycles. The number of nitroso groups, excluding NO2 is 1. The largest absolute Gasteiger partial charge is 0.496 e. The van der Waals surface area contributed by atoms with E-state index < -0.39 is 5.54 Å². The first kappa shape index (κ1) is 19.5. The lowest BCUT2D eigenvalue weighted by Gasteiger charge is -2.29. The van der Waals surface area contributed by atoms with Gasteiger partial charge < -0.3 is 14.2 Å². The first-order valence-corrected chi connectivity index (χ1v) is 9.09. The average Bonchev–Trinajstić information content (AvgIpc) is 2.61. The van der Waals surface area contributed by atoms with E-state index >= 15 is 0 Å². The molecule has 1 aromatic carbocycles. The Balaban J connectivity index is 2.61. The maximum Gasteiger partial charge on any atom is 0.236 e. The number of benzene rings is 1. The zero-order chi connectivity index (χ0) is 18.6. The third-order valence-electron chi connectivity index (χ3n) is 5.06. The van der Waals surface area contributed by atoms with Crippen molar-refractivity contribution >= 4 is 0 Å². The second-order valence-corrected chi connectivity index (χ2v) is 7.79. The summed E-state index contributed by atoms with van der Waals surface area (Å²) < 4.78 is 17.9. The topological polar surface area (TPSA) is 47.8 Å². The molecule has 0 aliphatic heterocycles. The molecule has 1 aliphatic rings. The molecule has 0 heterocycles. The van der Waals surface area contributed by atoms with Gasteiger partial charge in [0.05, 0.1) is 21.3 Å². The first-order valence-electron chi connectivity index (χ1n) is 9.09. The Kier molecular flexibility index (Phi) is 6.31. The Morgan fingerprint density at radius 2 is 1.48 bits per heavy atom. The lowest BCUT2D eigenvalue weighted by atomic mass is 9.79. The summed E-state index contributed by atoms with van der Waals surface area (Å²) in [5.74, 6) is 2.25. The van der Waals surface area contributed by atoms with Gasteiger partial charge in [0.2, 0.25) is 11.6 Å². The monoisotopic (exact) mass is 350 g/mol. The SMILES string of the molecule is COc1cc(OC)c(C(C2CCCCC2)[N+](=O)C(C)(C)C)c(OC)c1. The molecule has 0 spiro atoms. The van der Waals surface area contributed by atoms with Gasteiger partial charge in [0, 0.05) is 48.5 Å². The van der Waals surface area contributed by atoms with E-state index in [9.17, 15) is 4.91 Å². The van der Waals surface area contributed by atoms with Crippen LogP contribution in [0.3, 0.4) is 0 Å². The summed E-state index contributed by atoms with van der Waals surface area (Å²) in [6, 6.07) is 3.38. The van der Waals surface area contributed by atoms with Gasteiger partial charge in [0.25, 0.3) is 0 Å². The zero-order valence-corrected chi connectivity index (χ0v) is 16.4. The summed E-state index contributed by atoms with van der Waals surface area (Å²) in [5.41, 5.74) is 0.334. The highest BCUT2D eigenvalue weighted by Gasteiger charge is 2.46. The average molecular weight is 350 g/mol. The Labute approximate surface area is 151 Å². The predicted octanol–water partition coefficient (Wildman–Crippen LogP) is 4.91. The van der Waals surface area contributed by atoms with Gasteiger partial charge >= 0.3 is 0 Å². The molecule has 0 radical (unpaired) electrons. The zero-order valence-electron chi connectivity index (χ0n) is 16.4. The van der Waals surface area contributed by atoms with Crippen LogP contribution in [0.15, 0.2) is 12.1 Å². The Morgan fingerprint density at radius 1 is 0.960 bits per heavy atom. The van der Waals surface area contributed by atoms with Gasteiger partial charge in [-0.2, -0.15) is 0 Å².